The first-order valence-electron chi connectivity index (χ1n) is 8.10. The number of anilines is 2. The molecule has 1 aromatic carbocycles. The third-order valence-electron chi connectivity index (χ3n) is 4.18. The molecule has 4 nitrogen and oxygen atoms in total. The van der Waals surface area contributed by atoms with Crippen LogP contribution in [0.3, 0.4) is 0 Å². The fourth-order valence-electron chi connectivity index (χ4n) is 2.93. The summed E-state index contributed by atoms with van der Waals surface area (Å²) >= 11 is 12.2. The molecule has 1 aromatic heterocycles. The van der Waals surface area contributed by atoms with Crippen molar-refractivity contribution >= 4 is 40.5 Å². The lowest BCUT2D eigenvalue weighted by atomic mass is 9.95. The molecule has 1 fully saturated rings. The van der Waals surface area contributed by atoms with E-state index in [0.717, 1.165) is 18.5 Å². The summed E-state index contributed by atoms with van der Waals surface area (Å²) in [5.41, 5.74) is 1.74. The first-order valence-corrected chi connectivity index (χ1v) is 8.86. The molecule has 0 aliphatic heterocycles. The molecule has 2 N–H and O–H groups in total. The molecule has 3 rings (SSSR count). The summed E-state index contributed by atoms with van der Waals surface area (Å²) in [5.74, 6) is -0.287. The SMILES string of the molecule is O=C(Nc1c(Cl)cccc1Cl)c1cncc(NC2CCCCC2)c1. The van der Waals surface area contributed by atoms with Gasteiger partial charge < -0.3 is 10.6 Å². The number of hydrogen-bond acceptors (Lipinski definition) is 3. The Kier molecular flexibility index (Phi) is 5.59. The summed E-state index contributed by atoms with van der Waals surface area (Å²) in [6, 6.07) is 7.36. The lowest BCUT2D eigenvalue weighted by Crippen LogP contribution is -2.22. The maximum atomic E-state index is 12.5. The predicted molar refractivity (Wildman–Crippen MR) is 99.1 cm³/mol. The second-order valence-corrected chi connectivity index (χ2v) is 6.81. The van der Waals surface area contributed by atoms with Crippen LogP contribution in [-0.4, -0.2) is 16.9 Å². The number of amides is 1. The molecule has 1 heterocycles. The minimum absolute atomic E-state index is 0.287. The Morgan fingerprint density at radius 1 is 1.08 bits per heavy atom. The standard InChI is InChI=1S/C18H19Cl2N3O/c19-15-7-4-8-16(20)17(15)23-18(24)12-9-14(11-21-10-12)22-13-5-2-1-3-6-13/h4,7-11,13,22H,1-3,5-6H2,(H,23,24). The number of carbonyl (C=O) groups excluding carboxylic acids is 1. The number of carbonyl (C=O) groups is 1. The molecule has 1 saturated carbocycles. The zero-order chi connectivity index (χ0) is 16.9. The average molecular weight is 364 g/mol. The Morgan fingerprint density at radius 3 is 2.50 bits per heavy atom. The normalized spacial score (nSPS) is 15.1. The number of pyridine rings is 1. The van der Waals surface area contributed by atoms with Crippen molar-refractivity contribution in [2.24, 2.45) is 0 Å². The van der Waals surface area contributed by atoms with E-state index in [1.807, 2.05) is 6.07 Å². The topological polar surface area (TPSA) is 54.0 Å². The molecule has 24 heavy (non-hydrogen) atoms. The highest BCUT2D eigenvalue weighted by atomic mass is 35.5. The molecule has 2 aromatic rings. The summed E-state index contributed by atoms with van der Waals surface area (Å²) in [6.45, 7) is 0. The van der Waals surface area contributed by atoms with Crippen LogP contribution in [0.1, 0.15) is 42.5 Å². The Hall–Kier alpha value is -1.78. The Bertz CT molecular complexity index is 710. The van der Waals surface area contributed by atoms with Gasteiger partial charge in [-0.3, -0.25) is 9.78 Å². The summed E-state index contributed by atoms with van der Waals surface area (Å²) in [6.07, 6.45) is 9.39. The molecule has 6 heteroatoms. The van der Waals surface area contributed by atoms with Crippen LogP contribution in [0, 0.1) is 0 Å². The lowest BCUT2D eigenvalue weighted by molar-refractivity contribution is 0.102. The zero-order valence-corrected chi connectivity index (χ0v) is 14.7. The highest BCUT2D eigenvalue weighted by molar-refractivity contribution is 6.40. The number of hydrogen-bond donors (Lipinski definition) is 2. The van der Waals surface area contributed by atoms with Crippen LogP contribution in [0.4, 0.5) is 11.4 Å². The molecule has 126 valence electrons. The maximum absolute atomic E-state index is 12.5. The lowest BCUT2D eigenvalue weighted by Gasteiger charge is -2.23. The number of nitrogens with zero attached hydrogens (tertiary/aromatic N) is 1. The number of halogens is 2. The van der Waals surface area contributed by atoms with Gasteiger partial charge in [-0.05, 0) is 31.0 Å². The van der Waals surface area contributed by atoms with Crippen LogP contribution in [0.25, 0.3) is 0 Å². The fourth-order valence-corrected chi connectivity index (χ4v) is 3.42. The first-order chi connectivity index (χ1) is 11.6. The molecule has 1 aliphatic carbocycles. The van der Waals surface area contributed by atoms with Crippen molar-refractivity contribution in [1.29, 1.82) is 0 Å². The number of rotatable bonds is 4. The largest absolute Gasteiger partial charge is 0.381 e. The van der Waals surface area contributed by atoms with Gasteiger partial charge in [-0.25, -0.2) is 0 Å². The van der Waals surface area contributed by atoms with E-state index in [2.05, 4.69) is 15.6 Å². The van der Waals surface area contributed by atoms with Crippen LogP contribution in [0.2, 0.25) is 10.0 Å². The van der Waals surface area contributed by atoms with E-state index < -0.39 is 0 Å². The predicted octanol–water partition coefficient (Wildman–Crippen LogP) is 5.39. The molecule has 0 radical (unpaired) electrons. The van der Waals surface area contributed by atoms with E-state index in [1.54, 1.807) is 24.4 Å². The van der Waals surface area contributed by atoms with Gasteiger partial charge in [-0.15, -0.1) is 0 Å². The first kappa shape index (κ1) is 17.1. The van der Waals surface area contributed by atoms with Crippen molar-refractivity contribution in [2.75, 3.05) is 10.6 Å². The molecular weight excluding hydrogens is 345 g/mol. The molecule has 1 aliphatic rings. The van der Waals surface area contributed by atoms with Crippen LogP contribution in [0.5, 0.6) is 0 Å². The van der Waals surface area contributed by atoms with Gasteiger partial charge in [-0.2, -0.15) is 0 Å². The van der Waals surface area contributed by atoms with Gasteiger partial charge in [0.15, 0.2) is 0 Å². The molecular formula is C18H19Cl2N3O. The van der Waals surface area contributed by atoms with Crippen molar-refractivity contribution in [3.63, 3.8) is 0 Å². The molecule has 0 unspecified atom stereocenters. The molecule has 0 atom stereocenters. The van der Waals surface area contributed by atoms with Gasteiger partial charge in [0, 0.05) is 18.4 Å². The van der Waals surface area contributed by atoms with Gasteiger partial charge in [-0.1, -0.05) is 48.5 Å². The smallest absolute Gasteiger partial charge is 0.257 e. The number of aromatic nitrogens is 1. The maximum Gasteiger partial charge on any atom is 0.257 e. The van der Waals surface area contributed by atoms with Crippen molar-refractivity contribution < 1.29 is 4.79 Å². The minimum atomic E-state index is -0.287. The molecule has 0 bridgehead atoms. The van der Waals surface area contributed by atoms with Gasteiger partial charge >= 0.3 is 0 Å². The van der Waals surface area contributed by atoms with E-state index in [9.17, 15) is 4.79 Å². The monoisotopic (exact) mass is 363 g/mol. The highest BCUT2D eigenvalue weighted by Gasteiger charge is 2.15. The van der Waals surface area contributed by atoms with Gasteiger partial charge in [0.2, 0.25) is 0 Å². The van der Waals surface area contributed by atoms with Crippen LogP contribution < -0.4 is 10.6 Å². The van der Waals surface area contributed by atoms with Crippen LogP contribution in [-0.2, 0) is 0 Å². The zero-order valence-electron chi connectivity index (χ0n) is 13.2. The van der Waals surface area contributed by atoms with Gasteiger partial charge in [0.1, 0.15) is 0 Å². The third-order valence-corrected chi connectivity index (χ3v) is 4.81. The summed E-state index contributed by atoms with van der Waals surface area (Å²) < 4.78 is 0. The Morgan fingerprint density at radius 2 is 1.79 bits per heavy atom. The molecule has 0 spiro atoms. The number of para-hydroxylation sites is 1. The van der Waals surface area contributed by atoms with Crippen molar-refractivity contribution in [3.8, 4) is 0 Å². The highest BCUT2D eigenvalue weighted by Crippen LogP contribution is 2.30. The van der Waals surface area contributed by atoms with Crippen LogP contribution >= 0.6 is 23.2 Å². The summed E-state index contributed by atoms with van der Waals surface area (Å²) in [7, 11) is 0. The van der Waals surface area contributed by atoms with E-state index in [0.29, 0.717) is 27.3 Å². The number of nitrogens with one attached hydrogen (secondary N) is 2. The second-order valence-electron chi connectivity index (χ2n) is 5.99. The fraction of sp³-hybridized carbons (Fsp3) is 0.333. The van der Waals surface area contributed by atoms with E-state index in [-0.39, 0.29) is 5.91 Å². The van der Waals surface area contributed by atoms with E-state index in [1.165, 1.54) is 25.5 Å². The van der Waals surface area contributed by atoms with Crippen molar-refractivity contribution in [1.82, 2.24) is 4.98 Å². The summed E-state index contributed by atoms with van der Waals surface area (Å²) in [4.78, 5) is 16.6. The van der Waals surface area contributed by atoms with E-state index in [4.69, 9.17) is 23.2 Å². The van der Waals surface area contributed by atoms with Crippen LogP contribution in [0.15, 0.2) is 36.7 Å². The quantitative estimate of drug-likeness (QED) is 0.765. The average Bonchev–Trinajstić information content (AvgIpc) is 2.59. The van der Waals surface area contributed by atoms with Gasteiger partial charge in [0.05, 0.1) is 27.0 Å². The Balaban J connectivity index is 1.72. The number of benzene rings is 1. The van der Waals surface area contributed by atoms with E-state index >= 15 is 0 Å². The third kappa shape index (κ3) is 4.19. The molecule has 0 saturated heterocycles. The molecule has 1 amide bonds. The van der Waals surface area contributed by atoms with Crippen molar-refractivity contribution in [3.05, 3.63) is 52.3 Å². The summed E-state index contributed by atoms with van der Waals surface area (Å²) in [5, 5.41) is 7.03. The Labute approximate surface area is 151 Å². The van der Waals surface area contributed by atoms with Crippen molar-refractivity contribution in [2.45, 2.75) is 38.1 Å². The second kappa shape index (κ2) is 7.86. The van der Waals surface area contributed by atoms with Gasteiger partial charge in [0.25, 0.3) is 5.91 Å². The minimum Gasteiger partial charge on any atom is -0.381 e.